The van der Waals surface area contributed by atoms with Crippen LogP contribution in [0.25, 0.3) is 0 Å². The monoisotopic (exact) mass is 183 g/mol. The van der Waals surface area contributed by atoms with Crippen molar-refractivity contribution in [1.82, 2.24) is 9.59 Å². The molecule has 1 atom stereocenters. The van der Waals surface area contributed by atoms with Crippen molar-refractivity contribution in [2.45, 2.75) is 25.8 Å². The highest BCUT2D eigenvalue weighted by atomic mass is 32.1. The first-order chi connectivity index (χ1) is 5.79. The Morgan fingerprint density at radius 3 is 3.08 bits per heavy atom. The van der Waals surface area contributed by atoms with Gasteiger partial charge in [-0.15, -0.1) is 11.7 Å². The van der Waals surface area contributed by atoms with Gasteiger partial charge in [0, 0.05) is 6.04 Å². The van der Waals surface area contributed by atoms with E-state index in [4.69, 9.17) is 5.73 Å². The first-order valence-corrected chi connectivity index (χ1v) is 4.74. The summed E-state index contributed by atoms with van der Waals surface area (Å²) in [5, 5.41) is 3.99. The van der Waals surface area contributed by atoms with Crippen molar-refractivity contribution in [2.24, 2.45) is 5.73 Å². The molecule has 12 heavy (non-hydrogen) atoms. The minimum atomic E-state index is 0.0254. The molecule has 1 unspecified atom stereocenters. The molecule has 66 valence electrons. The lowest BCUT2D eigenvalue weighted by Gasteiger charge is -2.05. The third kappa shape index (κ3) is 1.89. The van der Waals surface area contributed by atoms with E-state index in [9.17, 15) is 0 Å². The van der Waals surface area contributed by atoms with Gasteiger partial charge in [-0.05, 0) is 24.4 Å². The van der Waals surface area contributed by atoms with Crippen LogP contribution in [0.5, 0.6) is 0 Å². The maximum atomic E-state index is 5.89. The second-order valence-corrected chi connectivity index (χ2v) is 3.35. The van der Waals surface area contributed by atoms with Gasteiger partial charge in [0.1, 0.15) is 0 Å². The van der Waals surface area contributed by atoms with Gasteiger partial charge in [0.15, 0.2) is 0 Å². The van der Waals surface area contributed by atoms with Crippen molar-refractivity contribution in [3.8, 4) is 0 Å². The summed E-state index contributed by atoms with van der Waals surface area (Å²) >= 11 is 1.39. The predicted molar refractivity (Wildman–Crippen MR) is 51.0 cm³/mol. The molecule has 1 heterocycles. The van der Waals surface area contributed by atoms with Crippen LogP contribution in [0.1, 0.15) is 30.0 Å². The number of hydrogen-bond donors (Lipinski definition) is 1. The number of aromatic nitrogens is 2. The average Bonchev–Trinajstić information content (AvgIpc) is 2.51. The van der Waals surface area contributed by atoms with E-state index in [1.54, 1.807) is 0 Å². The minimum absolute atomic E-state index is 0.0254. The van der Waals surface area contributed by atoms with E-state index < -0.39 is 0 Å². The molecule has 0 aromatic carbocycles. The summed E-state index contributed by atoms with van der Waals surface area (Å²) in [6.07, 6.45) is 3.51. The first kappa shape index (κ1) is 9.35. The number of hydrogen-bond acceptors (Lipinski definition) is 4. The van der Waals surface area contributed by atoms with Gasteiger partial charge in [0.05, 0.1) is 10.6 Å². The largest absolute Gasteiger partial charge is 0.323 e. The Hall–Kier alpha value is -0.740. The van der Waals surface area contributed by atoms with Gasteiger partial charge in [-0.3, -0.25) is 0 Å². The highest BCUT2D eigenvalue weighted by Crippen LogP contribution is 2.21. The van der Waals surface area contributed by atoms with Crippen LogP contribution in [-0.2, 0) is 6.42 Å². The van der Waals surface area contributed by atoms with Gasteiger partial charge in [-0.2, -0.15) is 0 Å². The molecule has 0 saturated carbocycles. The molecule has 1 aromatic rings. The highest BCUT2D eigenvalue weighted by molar-refractivity contribution is 7.05. The minimum Gasteiger partial charge on any atom is -0.323 e. The second-order valence-electron chi connectivity index (χ2n) is 2.57. The lowest BCUT2D eigenvalue weighted by Crippen LogP contribution is -2.09. The molecule has 0 fully saturated rings. The Morgan fingerprint density at radius 1 is 1.75 bits per heavy atom. The number of aryl methyl sites for hydroxylation is 1. The third-order valence-electron chi connectivity index (χ3n) is 1.68. The van der Waals surface area contributed by atoms with Crippen molar-refractivity contribution in [3.63, 3.8) is 0 Å². The van der Waals surface area contributed by atoms with Crippen LogP contribution in [0.3, 0.4) is 0 Å². The summed E-state index contributed by atoms with van der Waals surface area (Å²) < 4.78 is 3.87. The Kier molecular flexibility index (Phi) is 3.37. The van der Waals surface area contributed by atoms with Crippen LogP contribution in [0.4, 0.5) is 0 Å². The molecule has 1 aromatic heterocycles. The lowest BCUT2D eigenvalue weighted by atomic mass is 10.1. The van der Waals surface area contributed by atoms with Crippen LogP contribution in [0.15, 0.2) is 12.7 Å². The standard InChI is InChI=1S/C8H13N3S/c1-3-5-6(9)8-7(4-2)10-11-12-8/h3,6H,1,4-5,9H2,2H3. The molecule has 0 amide bonds. The van der Waals surface area contributed by atoms with E-state index in [0.29, 0.717) is 0 Å². The van der Waals surface area contributed by atoms with Gasteiger partial charge in [0.2, 0.25) is 0 Å². The maximum Gasteiger partial charge on any atom is 0.0801 e. The van der Waals surface area contributed by atoms with Gasteiger partial charge < -0.3 is 5.73 Å². The Balaban J connectivity index is 2.78. The van der Waals surface area contributed by atoms with Gasteiger partial charge >= 0.3 is 0 Å². The molecule has 0 spiro atoms. The van der Waals surface area contributed by atoms with E-state index in [1.165, 1.54) is 11.5 Å². The fraction of sp³-hybridized carbons (Fsp3) is 0.500. The summed E-state index contributed by atoms with van der Waals surface area (Å²) in [7, 11) is 0. The zero-order chi connectivity index (χ0) is 8.97. The molecule has 1 rings (SSSR count). The second kappa shape index (κ2) is 4.33. The van der Waals surface area contributed by atoms with E-state index >= 15 is 0 Å². The fourth-order valence-electron chi connectivity index (χ4n) is 1.03. The molecule has 0 aliphatic carbocycles. The molecule has 0 radical (unpaired) electrons. The summed E-state index contributed by atoms with van der Waals surface area (Å²) in [4.78, 5) is 1.09. The van der Waals surface area contributed by atoms with Crippen molar-refractivity contribution in [1.29, 1.82) is 0 Å². The van der Waals surface area contributed by atoms with E-state index in [-0.39, 0.29) is 6.04 Å². The van der Waals surface area contributed by atoms with E-state index in [0.717, 1.165) is 23.4 Å². The average molecular weight is 183 g/mol. The molecule has 0 saturated heterocycles. The Labute approximate surface area is 76.5 Å². The summed E-state index contributed by atoms with van der Waals surface area (Å²) in [6, 6.07) is 0.0254. The lowest BCUT2D eigenvalue weighted by molar-refractivity contribution is 0.741. The Bertz CT molecular complexity index is 257. The molecule has 0 bridgehead atoms. The molecule has 2 N–H and O–H groups in total. The summed E-state index contributed by atoms with van der Waals surface area (Å²) in [6.45, 7) is 5.71. The smallest absolute Gasteiger partial charge is 0.0801 e. The molecule has 0 aliphatic rings. The molecule has 4 heteroatoms. The van der Waals surface area contributed by atoms with Gasteiger partial charge in [-0.25, -0.2) is 0 Å². The SMILES string of the molecule is C=CCC(N)c1snnc1CC. The fourth-order valence-corrected chi connectivity index (χ4v) is 1.78. The van der Waals surface area contributed by atoms with Gasteiger partial charge in [0.25, 0.3) is 0 Å². The molecule has 0 aliphatic heterocycles. The van der Waals surface area contributed by atoms with Crippen LogP contribution in [-0.4, -0.2) is 9.59 Å². The zero-order valence-corrected chi connectivity index (χ0v) is 7.97. The number of nitrogens with two attached hydrogens (primary N) is 1. The maximum absolute atomic E-state index is 5.89. The number of rotatable bonds is 4. The van der Waals surface area contributed by atoms with Crippen LogP contribution in [0.2, 0.25) is 0 Å². The van der Waals surface area contributed by atoms with Crippen molar-refractivity contribution in [3.05, 3.63) is 23.2 Å². The number of nitrogens with zero attached hydrogens (tertiary/aromatic N) is 2. The van der Waals surface area contributed by atoms with Crippen LogP contribution >= 0.6 is 11.5 Å². The van der Waals surface area contributed by atoms with Crippen LogP contribution in [0, 0.1) is 0 Å². The normalized spacial score (nSPS) is 12.8. The first-order valence-electron chi connectivity index (χ1n) is 3.97. The third-order valence-corrected chi connectivity index (χ3v) is 2.58. The summed E-state index contributed by atoms with van der Waals surface area (Å²) in [5.41, 5.74) is 6.91. The van der Waals surface area contributed by atoms with Crippen LogP contribution < -0.4 is 5.73 Å². The zero-order valence-electron chi connectivity index (χ0n) is 7.16. The quantitative estimate of drug-likeness (QED) is 0.722. The van der Waals surface area contributed by atoms with Crippen molar-refractivity contribution in [2.75, 3.05) is 0 Å². The van der Waals surface area contributed by atoms with Crippen molar-refractivity contribution >= 4 is 11.5 Å². The molecule has 3 nitrogen and oxygen atoms in total. The molecular formula is C8H13N3S. The van der Waals surface area contributed by atoms with E-state index in [1.807, 2.05) is 6.08 Å². The predicted octanol–water partition coefficient (Wildman–Crippen LogP) is 1.68. The van der Waals surface area contributed by atoms with Gasteiger partial charge in [-0.1, -0.05) is 17.5 Å². The highest BCUT2D eigenvalue weighted by Gasteiger charge is 2.12. The van der Waals surface area contributed by atoms with Crippen molar-refractivity contribution < 1.29 is 0 Å². The topological polar surface area (TPSA) is 51.8 Å². The molecular weight excluding hydrogens is 170 g/mol. The Morgan fingerprint density at radius 2 is 2.50 bits per heavy atom. The van der Waals surface area contributed by atoms with E-state index in [2.05, 4.69) is 23.1 Å². The summed E-state index contributed by atoms with van der Waals surface area (Å²) in [5.74, 6) is 0.